The van der Waals surface area contributed by atoms with Crippen LogP contribution in [0.4, 0.5) is 0 Å². The van der Waals surface area contributed by atoms with Crippen molar-refractivity contribution in [2.75, 3.05) is 13.1 Å². The smallest absolute Gasteiger partial charge is 0.149 e. The Kier molecular flexibility index (Phi) is 5.88. The van der Waals surface area contributed by atoms with Gasteiger partial charge in [0.25, 0.3) is 0 Å². The van der Waals surface area contributed by atoms with Crippen molar-refractivity contribution in [3.63, 3.8) is 0 Å². The predicted octanol–water partition coefficient (Wildman–Crippen LogP) is 5.04. The molecule has 5 nitrogen and oxygen atoms in total. The fourth-order valence-corrected chi connectivity index (χ4v) is 5.25. The maximum absolute atomic E-state index is 11.2. The number of fused-ring (bicyclic) bond motifs is 1. The molecule has 0 spiro atoms. The van der Waals surface area contributed by atoms with Gasteiger partial charge in [-0.05, 0) is 102 Å². The molecule has 30 heavy (non-hydrogen) atoms. The number of rotatable bonds is 4. The van der Waals surface area contributed by atoms with Gasteiger partial charge in [-0.2, -0.15) is 0 Å². The molecule has 160 valence electrons. The van der Waals surface area contributed by atoms with E-state index in [9.17, 15) is 5.11 Å². The summed E-state index contributed by atoms with van der Waals surface area (Å²) >= 11 is 6.29. The number of nitrogens with zero attached hydrogens (tertiary/aromatic N) is 3. The molecule has 1 unspecified atom stereocenters. The summed E-state index contributed by atoms with van der Waals surface area (Å²) in [5.74, 6) is 1.21. The van der Waals surface area contributed by atoms with Gasteiger partial charge in [-0.1, -0.05) is 11.6 Å². The highest BCUT2D eigenvalue weighted by Crippen LogP contribution is 2.36. The summed E-state index contributed by atoms with van der Waals surface area (Å²) in [6, 6.07) is 3.98. The van der Waals surface area contributed by atoms with Gasteiger partial charge in [0.2, 0.25) is 0 Å². The van der Waals surface area contributed by atoms with E-state index in [1.54, 1.807) is 0 Å². The molecule has 0 bridgehead atoms. The average molecular weight is 427 g/mol. The topological polar surface area (TPSA) is 63.0 Å². The zero-order valence-electron chi connectivity index (χ0n) is 18.5. The summed E-state index contributed by atoms with van der Waals surface area (Å²) in [6.45, 7) is 12.3. The van der Waals surface area contributed by atoms with E-state index in [0.717, 1.165) is 82.2 Å². The number of aliphatic hydroxyl groups excluding tert-OH is 1. The fraction of sp³-hybridized carbons (Fsp3) is 0.500. The van der Waals surface area contributed by atoms with Crippen molar-refractivity contribution >= 4 is 22.6 Å². The first kappa shape index (κ1) is 21.3. The van der Waals surface area contributed by atoms with Crippen LogP contribution in [0.2, 0.25) is 5.02 Å². The van der Waals surface area contributed by atoms with Gasteiger partial charge in [0, 0.05) is 16.1 Å². The third kappa shape index (κ3) is 3.75. The summed E-state index contributed by atoms with van der Waals surface area (Å²) in [4.78, 5) is 9.55. The molecule has 1 saturated heterocycles. The van der Waals surface area contributed by atoms with Crippen molar-refractivity contribution < 1.29 is 5.11 Å². The van der Waals surface area contributed by atoms with Crippen LogP contribution in [-0.4, -0.2) is 32.7 Å². The SMILES string of the molecule is Cc1nc(C(O)CC2CCNCC2)c2c(C)c(C)n(-c3c(C)cc(Cl)cc3C)c2n1. The highest BCUT2D eigenvalue weighted by molar-refractivity contribution is 6.30. The highest BCUT2D eigenvalue weighted by Gasteiger charge is 2.26. The Morgan fingerprint density at radius 1 is 1.10 bits per heavy atom. The number of hydrogen-bond donors (Lipinski definition) is 2. The fourth-order valence-electron chi connectivity index (χ4n) is 4.92. The Balaban J connectivity index is 1.88. The standard InChI is InChI=1S/C24H31ClN4O/c1-13-10-19(25)11-14(2)23(13)29-16(4)15(3)21-22(27-17(5)28-24(21)29)20(30)12-18-6-8-26-9-7-18/h10-11,18,20,26,30H,6-9,12H2,1-5H3. The van der Waals surface area contributed by atoms with E-state index in [0.29, 0.717) is 11.7 Å². The van der Waals surface area contributed by atoms with Crippen molar-refractivity contribution in [2.45, 2.75) is 60.0 Å². The number of hydrogen-bond acceptors (Lipinski definition) is 4. The lowest BCUT2D eigenvalue weighted by molar-refractivity contribution is 0.131. The first-order valence-corrected chi connectivity index (χ1v) is 11.2. The van der Waals surface area contributed by atoms with Gasteiger partial charge >= 0.3 is 0 Å². The lowest BCUT2D eigenvalue weighted by atomic mass is 9.90. The third-order valence-electron chi connectivity index (χ3n) is 6.51. The maximum atomic E-state index is 11.2. The van der Waals surface area contributed by atoms with Gasteiger partial charge in [0.15, 0.2) is 0 Å². The first-order valence-electron chi connectivity index (χ1n) is 10.8. The molecular formula is C24H31ClN4O. The van der Waals surface area contributed by atoms with E-state index in [2.05, 4.69) is 37.6 Å². The van der Waals surface area contributed by atoms with Gasteiger partial charge in [0.1, 0.15) is 11.5 Å². The summed E-state index contributed by atoms with van der Waals surface area (Å²) in [5, 5.41) is 16.3. The number of piperidine rings is 1. The Morgan fingerprint density at radius 3 is 2.37 bits per heavy atom. The van der Waals surface area contributed by atoms with Crippen LogP contribution in [0.3, 0.4) is 0 Å². The van der Waals surface area contributed by atoms with Crippen LogP contribution in [-0.2, 0) is 0 Å². The Morgan fingerprint density at radius 2 is 1.73 bits per heavy atom. The van der Waals surface area contributed by atoms with E-state index >= 15 is 0 Å². The molecule has 2 N–H and O–H groups in total. The van der Waals surface area contributed by atoms with Crippen molar-refractivity contribution in [2.24, 2.45) is 5.92 Å². The van der Waals surface area contributed by atoms with Crippen LogP contribution in [0.5, 0.6) is 0 Å². The minimum Gasteiger partial charge on any atom is -0.387 e. The van der Waals surface area contributed by atoms with E-state index in [1.807, 2.05) is 19.1 Å². The molecule has 2 aromatic heterocycles. The molecule has 4 rings (SSSR count). The summed E-state index contributed by atoms with van der Waals surface area (Å²) in [5.41, 5.74) is 7.19. The minimum absolute atomic E-state index is 0.524. The van der Waals surface area contributed by atoms with Crippen LogP contribution in [0.25, 0.3) is 16.7 Å². The molecule has 0 amide bonds. The molecule has 1 aliphatic heterocycles. The van der Waals surface area contributed by atoms with Crippen molar-refractivity contribution in [3.8, 4) is 5.69 Å². The summed E-state index contributed by atoms with van der Waals surface area (Å²) < 4.78 is 2.21. The van der Waals surface area contributed by atoms with E-state index in [1.165, 1.54) is 0 Å². The highest BCUT2D eigenvalue weighted by atomic mass is 35.5. The van der Waals surface area contributed by atoms with E-state index < -0.39 is 6.10 Å². The quantitative estimate of drug-likeness (QED) is 0.613. The molecule has 3 aromatic rings. The normalized spacial score (nSPS) is 16.4. The molecule has 0 saturated carbocycles. The van der Waals surface area contributed by atoms with Gasteiger partial charge in [-0.25, -0.2) is 9.97 Å². The molecule has 1 fully saturated rings. The largest absolute Gasteiger partial charge is 0.387 e. The molecule has 1 aromatic carbocycles. The second-order valence-electron chi connectivity index (χ2n) is 8.73. The number of aliphatic hydroxyl groups is 1. The second-order valence-corrected chi connectivity index (χ2v) is 9.17. The van der Waals surface area contributed by atoms with E-state index in [4.69, 9.17) is 21.6 Å². The third-order valence-corrected chi connectivity index (χ3v) is 6.72. The molecule has 1 atom stereocenters. The zero-order chi connectivity index (χ0) is 21.6. The zero-order valence-corrected chi connectivity index (χ0v) is 19.3. The second kappa shape index (κ2) is 8.29. The van der Waals surface area contributed by atoms with E-state index in [-0.39, 0.29) is 0 Å². The van der Waals surface area contributed by atoms with Crippen LogP contribution in [0.1, 0.15) is 59.3 Å². The van der Waals surface area contributed by atoms with Crippen LogP contribution < -0.4 is 5.32 Å². The summed E-state index contributed by atoms with van der Waals surface area (Å²) in [7, 11) is 0. The van der Waals surface area contributed by atoms with Gasteiger partial charge in [0.05, 0.1) is 17.5 Å². The Labute approximate surface area is 183 Å². The molecular weight excluding hydrogens is 396 g/mol. The molecule has 0 radical (unpaired) electrons. The lowest BCUT2D eigenvalue weighted by Crippen LogP contribution is -2.28. The number of benzene rings is 1. The molecule has 6 heteroatoms. The summed E-state index contributed by atoms with van der Waals surface area (Å²) in [6.07, 6.45) is 2.37. The van der Waals surface area contributed by atoms with Gasteiger partial charge in [-0.15, -0.1) is 0 Å². The number of aryl methyl sites for hydroxylation is 4. The van der Waals surface area contributed by atoms with Crippen molar-refractivity contribution in [1.29, 1.82) is 0 Å². The monoisotopic (exact) mass is 426 g/mol. The van der Waals surface area contributed by atoms with Crippen LogP contribution in [0.15, 0.2) is 12.1 Å². The number of halogens is 1. The Hall–Kier alpha value is -1.95. The van der Waals surface area contributed by atoms with Gasteiger partial charge < -0.3 is 10.4 Å². The minimum atomic E-state index is -0.585. The predicted molar refractivity (Wildman–Crippen MR) is 123 cm³/mol. The maximum Gasteiger partial charge on any atom is 0.149 e. The number of nitrogens with one attached hydrogen (secondary N) is 1. The van der Waals surface area contributed by atoms with Gasteiger partial charge in [-0.3, -0.25) is 4.57 Å². The molecule has 0 aliphatic carbocycles. The molecule has 3 heterocycles. The number of aromatic nitrogens is 3. The Bertz CT molecular complexity index is 1080. The van der Waals surface area contributed by atoms with Crippen LogP contribution in [0, 0.1) is 40.5 Å². The average Bonchev–Trinajstić information content (AvgIpc) is 2.92. The first-order chi connectivity index (χ1) is 14.3. The van der Waals surface area contributed by atoms with Crippen molar-refractivity contribution in [3.05, 3.63) is 51.1 Å². The van der Waals surface area contributed by atoms with Crippen molar-refractivity contribution in [1.82, 2.24) is 19.9 Å². The van der Waals surface area contributed by atoms with Crippen LogP contribution >= 0.6 is 11.6 Å². The molecule has 1 aliphatic rings. The lowest BCUT2D eigenvalue weighted by Gasteiger charge is -2.25.